The number of para-hydroxylation sites is 1. The SMILES string of the molecule is O=C(NC1CCCCCCCCCN=NCCC1)Oc1ccccc1F. The standard InChI is InChI=1S/C20H30FN3O2/c21-18-13-7-8-14-19(18)26-20(25)24-17-11-6-4-2-1-3-5-9-15-22-23-16-10-12-17/h7-8,13-14,17H,1-6,9-12,15-16H2,(H,24,25). The maximum atomic E-state index is 13.6. The number of carbonyl (C=O) groups excluding carboxylic acids is 1. The summed E-state index contributed by atoms with van der Waals surface area (Å²) in [5.41, 5.74) is 0. The van der Waals surface area contributed by atoms with Crippen LogP contribution >= 0.6 is 0 Å². The van der Waals surface area contributed by atoms with Crippen molar-refractivity contribution in [3.05, 3.63) is 30.1 Å². The van der Waals surface area contributed by atoms with Crippen molar-refractivity contribution in [2.24, 2.45) is 10.2 Å². The molecule has 144 valence electrons. The van der Waals surface area contributed by atoms with Crippen molar-refractivity contribution in [1.29, 1.82) is 0 Å². The van der Waals surface area contributed by atoms with Gasteiger partial charge in [0.25, 0.3) is 0 Å². The van der Waals surface area contributed by atoms with Gasteiger partial charge < -0.3 is 10.1 Å². The monoisotopic (exact) mass is 363 g/mol. The first-order valence-electron chi connectivity index (χ1n) is 9.82. The lowest BCUT2D eigenvalue weighted by Gasteiger charge is -2.18. The van der Waals surface area contributed by atoms with Crippen LogP contribution in [0.1, 0.15) is 64.2 Å². The molecule has 5 nitrogen and oxygen atoms in total. The van der Waals surface area contributed by atoms with E-state index in [-0.39, 0.29) is 11.8 Å². The molecule has 1 atom stereocenters. The van der Waals surface area contributed by atoms with Gasteiger partial charge in [-0.15, -0.1) is 0 Å². The fourth-order valence-electron chi connectivity index (χ4n) is 3.12. The Balaban J connectivity index is 1.83. The Kier molecular flexibility index (Phi) is 9.69. The van der Waals surface area contributed by atoms with Crippen molar-refractivity contribution in [3.63, 3.8) is 0 Å². The molecule has 2 rings (SSSR count). The third-order valence-corrected chi connectivity index (χ3v) is 4.58. The van der Waals surface area contributed by atoms with Crippen LogP contribution < -0.4 is 10.1 Å². The summed E-state index contributed by atoms with van der Waals surface area (Å²) in [5, 5.41) is 11.3. The van der Waals surface area contributed by atoms with Crippen molar-refractivity contribution in [2.45, 2.75) is 70.3 Å². The van der Waals surface area contributed by atoms with E-state index in [9.17, 15) is 9.18 Å². The molecule has 1 heterocycles. The summed E-state index contributed by atoms with van der Waals surface area (Å²) >= 11 is 0. The van der Waals surface area contributed by atoms with Crippen LogP contribution in [0.5, 0.6) is 5.75 Å². The second kappa shape index (κ2) is 12.4. The number of ether oxygens (including phenoxy) is 1. The molecule has 1 aliphatic rings. The summed E-state index contributed by atoms with van der Waals surface area (Å²) in [7, 11) is 0. The quantitative estimate of drug-likeness (QED) is 0.738. The third kappa shape index (κ3) is 8.41. The Hall–Kier alpha value is -1.98. The summed E-state index contributed by atoms with van der Waals surface area (Å²) in [6.07, 6.45) is 10.3. The molecular weight excluding hydrogens is 333 g/mol. The zero-order valence-electron chi connectivity index (χ0n) is 15.5. The number of rotatable bonds is 2. The second-order valence-corrected chi connectivity index (χ2v) is 6.80. The maximum absolute atomic E-state index is 13.6. The number of hydrogen-bond acceptors (Lipinski definition) is 4. The lowest BCUT2D eigenvalue weighted by atomic mass is 10.0. The highest BCUT2D eigenvalue weighted by Crippen LogP contribution is 2.17. The van der Waals surface area contributed by atoms with Crippen LogP contribution in [0, 0.1) is 5.82 Å². The Labute approximate surface area is 155 Å². The lowest BCUT2D eigenvalue weighted by Crippen LogP contribution is -2.37. The predicted molar refractivity (Wildman–Crippen MR) is 100 cm³/mol. The molecule has 0 saturated heterocycles. The van der Waals surface area contributed by atoms with Crippen molar-refractivity contribution >= 4 is 6.09 Å². The van der Waals surface area contributed by atoms with Crippen LogP contribution in [0.3, 0.4) is 0 Å². The van der Waals surface area contributed by atoms with Crippen molar-refractivity contribution in [2.75, 3.05) is 13.1 Å². The summed E-state index contributed by atoms with van der Waals surface area (Å²) < 4.78 is 18.7. The smallest absolute Gasteiger partial charge is 0.407 e. The first-order valence-corrected chi connectivity index (χ1v) is 9.82. The molecule has 26 heavy (non-hydrogen) atoms. The van der Waals surface area contributed by atoms with E-state index < -0.39 is 11.9 Å². The average Bonchev–Trinajstić information content (AvgIpc) is 2.64. The number of amides is 1. The van der Waals surface area contributed by atoms with E-state index in [0.717, 1.165) is 38.6 Å². The van der Waals surface area contributed by atoms with Gasteiger partial charge in [-0.2, -0.15) is 10.2 Å². The van der Waals surface area contributed by atoms with Crippen LogP contribution in [0.2, 0.25) is 0 Å². The van der Waals surface area contributed by atoms with Gasteiger partial charge in [0.15, 0.2) is 11.6 Å². The van der Waals surface area contributed by atoms with Gasteiger partial charge in [-0.3, -0.25) is 0 Å². The van der Waals surface area contributed by atoms with Crippen LogP contribution in [0.25, 0.3) is 0 Å². The molecule has 0 fully saturated rings. The fourth-order valence-corrected chi connectivity index (χ4v) is 3.12. The first kappa shape index (κ1) is 20.3. The minimum atomic E-state index is -0.598. The molecule has 1 amide bonds. The van der Waals surface area contributed by atoms with E-state index in [2.05, 4.69) is 15.5 Å². The van der Waals surface area contributed by atoms with Gasteiger partial charge in [0.1, 0.15) is 0 Å². The second-order valence-electron chi connectivity index (χ2n) is 6.80. The minimum Gasteiger partial charge on any atom is -0.407 e. The molecule has 1 aliphatic heterocycles. The van der Waals surface area contributed by atoms with Gasteiger partial charge in [0, 0.05) is 6.04 Å². The van der Waals surface area contributed by atoms with Gasteiger partial charge in [-0.05, 0) is 37.8 Å². The average molecular weight is 363 g/mol. The normalized spacial score (nSPS) is 20.6. The van der Waals surface area contributed by atoms with E-state index in [1.807, 2.05) is 0 Å². The zero-order valence-corrected chi connectivity index (χ0v) is 15.5. The van der Waals surface area contributed by atoms with Gasteiger partial charge in [-0.25, -0.2) is 9.18 Å². The number of nitrogens with zero attached hydrogens (tertiary/aromatic N) is 2. The van der Waals surface area contributed by atoms with Crippen molar-refractivity contribution in [1.82, 2.24) is 5.32 Å². The number of azo groups is 1. The van der Waals surface area contributed by atoms with E-state index in [4.69, 9.17) is 4.74 Å². The Morgan fingerprint density at radius 1 is 0.923 bits per heavy atom. The number of carbonyl (C=O) groups is 1. The van der Waals surface area contributed by atoms with E-state index in [1.165, 1.54) is 44.2 Å². The lowest BCUT2D eigenvalue weighted by molar-refractivity contribution is 0.191. The topological polar surface area (TPSA) is 63.0 Å². The number of hydrogen-bond donors (Lipinski definition) is 1. The molecule has 0 aliphatic carbocycles. The molecule has 1 N–H and O–H groups in total. The number of benzene rings is 1. The maximum Gasteiger partial charge on any atom is 0.412 e. The number of halogens is 1. The van der Waals surface area contributed by atoms with Crippen LogP contribution in [0.15, 0.2) is 34.5 Å². The minimum absolute atomic E-state index is 0.0228. The highest BCUT2D eigenvalue weighted by molar-refractivity contribution is 5.70. The Bertz CT molecular complexity index is 566. The molecule has 1 unspecified atom stereocenters. The molecule has 0 aromatic heterocycles. The summed E-state index contributed by atoms with van der Waals surface area (Å²) in [5.74, 6) is -0.582. The summed E-state index contributed by atoms with van der Waals surface area (Å²) in [6.45, 7) is 1.50. The van der Waals surface area contributed by atoms with Gasteiger partial charge in [0.05, 0.1) is 13.1 Å². The molecule has 6 heteroatoms. The fraction of sp³-hybridized carbons (Fsp3) is 0.650. The molecule has 0 saturated carbocycles. The molecule has 1 aromatic carbocycles. The van der Waals surface area contributed by atoms with E-state index >= 15 is 0 Å². The molecule has 0 spiro atoms. The highest BCUT2D eigenvalue weighted by atomic mass is 19.1. The van der Waals surface area contributed by atoms with Crippen molar-refractivity contribution in [3.8, 4) is 5.75 Å². The molecular formula is C20H30FN3O2. The predicted octanol–water partition coefficient (Wildman–Crippen LogP) is 5.65. The highest BCUT2D eigenvalue weighted by Gasteiger charge is 2.15. The Morgan fingerprint density at radius 3 is 2.31 bits per heavy atom. The number of nitrogens with one attached hydrogen (secondary N) is 1. The van der Waals surface area contributed by atoms with E-state index in [1.54, 1.807) is 12.1 Å². The first-order chi connectivity index (χ1) is 12.8. The van der Waals surface area contributed by atoms with Gasteiger partial charge >= 0.3 is 6.09 Å². The molecule has 0 bridgehead atoms. The largest absolute Gasteiger partial charge is 0.412 e. The van der Waals surface area contributed by atoms with Crippen LogP contribution in [0.4, 0.5) is 9.18 Å². The third-order valence-electron chi connectivity index (χ3n) is 4.58. The zero-order chi connectivity index (χ0) is 18.5. The summed E-state index contributed by atoms with van der Waals surface area (Å²) in [6, 6.07) is 5.95. The van der Waals surface area contributed by atoms with Gasteiger partial charge in [-0.1, -0.05) is 50.7 Å². The van der Waals surface area contributed by atoms with Crippen LogP contribution in [-0.2, 0) is 0 Å². The van der Waals surface area contributed by atoms with E-state index in [0.29, 0.717) is 6.54 Å². The van der Waals surface area contributed by atoms with Crippen LogP contribution in [-0.4, -0.2) is 25.2 Å². The van der Waals surface area contributed by atoms with Crippen molar-refractivity contribution < 1.29 is 13.9 Å². The van der Waals surface area contributed by atoms with Gasteiger partial charge in [0.2, 0.25) is 0 Å². The summed E-state index contributed by atoms with van der Waals surface area (Å²) in [4.78, 5) is 12.1. The molecule has 0 radical (unpaired) electrons. The molecule has 1 aromatic rings. The Morgan fingerprint density at radius 2 is 1.54 bits per heavy atom.